The fourth-order valence-corrected chi connectivity index (χ4v) is 1.30. The van der Waals surface area contributed by atoms with Crippen LogP contribution >= 0.6 is 11.6 Å². The predicted octanol–water partition coefficient (Wildman–Crippen LogP) is 2.80. The molecule has 0 bridgehead atoms. The van der Waals surface area contributed by atoms with Crippen molar-refractivity contribution in [2.45, 2.75) is 19.8 Å². The van der Waals surface area contributed by atoms with Crippen LogP contribution in [0.15, 0.2) is 24.3 Å². The van der Waals surface area contributed by atoms with Crippen molar-refractivity contribution in [2.24, 2.45) is 0 Å². The Morgan fingerprint density at radius 1 is 1.33 bits per heavy atom. The van der Waals surface area contributed by atoms with Gasteiger partial charge in [0, 0.05) is 24.3 Å². The lowest BCUT2D eigenvalue weighted by Gasteiger charge is -1.97. The van der Waals surface area contributed by atoms with Gasteiger partial charge in [0.05, 0.1) is 0 Å². The largest absolute Gasteiger partial charge is 0.300 e. The van der Waals surface area contributed by atoms with Crippen molar-refractivity contribution < 1.29 is 4.79 Å². The van der Waals surface area contributed by atoms with Gasteiger partial charge in [-0.1, -0.05) is 24.0 Å². The van der Waals surface area contributed by atoms with E-state index in [0.717, 1.165) is 11.1 Å². The third kappa shape index (κ3) is 4.67. The summed E-state index contributed by atoms with van der Waals surface area (Å²) in [5, 5.41) is 0. The summed E-state index contributed by atoms with van der Waals surface area (Å²) in [4.78, 5) is 10.9. The Morgan fingerprint density at radius 2 is 2.00 bits per heavy atom. The van der Waals surface area contributed by atoms with Gasteiger partial charge in [0.2, 0.25) is 0 Å². The molecule has 1 rings (SSSR count). The zero-order chi connectivity index (χ0) is 11.1. The lowest BCUT2D eigenvalue weighted by molar-refractivity contribution is -0.116. The third-order valence-corrected chi connectivity index (χ3v) is 2.05. The molecule has 0 fully saturated rings. The van der Waals surface area contributed by atoms with Crippen molar-refractivity contribution in [3.8, 4) is 11.8 Å². The van der Waals surface area contributed by atoms with E-state index in [2.05, 4.69) is 11.8 Å². The van der Waals surface area contributed by atoms with Crippen LogP contribution in [0.4, 0.5) is 0 Å². The first-order valence-electron chi connectivity index (χ1n) is 4.85. The summed E-state index contributed by atoms with van der Waals surface area (Å²) >= 11 is 5.51. The van der Waals surface area contributed by atoms with E-state index in [0.29, 0.717) is 18.7 Å². The lowest BCUT2D eigenvalue weighted by Crippen LogP contribution is -1.95. The fraction of sp³-hybridized carbons (Fsp3) is 0.308. The molecule has 0 aromatic heterocycles. The molecule has 0 N–H and O–H groups in total. The van der Waals surface area contributed by atoms with Gasteiger partial charge < -0.3 is 0 Å². The lowest BCUT2D eigenvalue weighted by atomic mass is 10.1. The Kier molecular flexibility index (Phi) is 4.93. The highest BCUT2D eigenvalue weighted by atomic mass is 35.5. The van der Waals surface area contributed by atoms with Crippen LogP contribution in [-0.4, -0.2) is 11.7 Å². The number of ketones is 1. The second-order valence-electron chi connectivity index (χ2n) is 3.32. The Labute approximate surface area is 95.5 Å². The van der Waals surface area contributed by atoms with E-state index >= 15 is 0 Å². The first-order valence-corrected chi connectivity index (χ1v) is 5.39. The highest BCUT2D eigenvalue weighted by molar-refractivity contribution is 6.18. The summed E-state index contributed by atoms with van der Waals surface area (Å²) < 4.78 is 0. The average molecular weight is 221 g/mol. The van der Waals surface area contributed by atoms with Gasteiger partial charge in [-0.2, -0.15) is 0 Å². The molecule has 0 aliphatic heterocycles. The van der Waals surface area contributed by atoms with E-state index in [4.69, 9.17) is 11.6 Å². The molecule has 2 heteroatoms. The van der Waals surface area contributed by atoms with Crippen molar-refractivity contribution in [1.29, 1.82) is 0 Å². The molecule has 1 aromatic carbocycles. The standard InChI is InChI=1S/C13H13ClO/c1-11(15)10-13-7-5-12(6-8-13)4-2-3-9-14/h5-8H,3,9-10H2,1H3. The Hall–Kier alpha value is -1.26. The van der Waals surface area contributed by atoms with E-state index in [1.54, 1.807) is 6.92 Å². The minimum atomic E-state index is 0.177. The number of rotatable bonds is 3. The minimum absolute atomic E-state index is 0.177. The number of hydrogen-bond acceptors (Lipinski definition) is 1. The SMILES string of the molecule is CC(=O)Cc1ccc(C#CCCCl)cc1. The number of carbonyl (C=O) groups excluding carboxylic acids is 1. The van der Waals surface area contributed by atoms with Gasteiger partial charge in [0.25, 0.3) is 0 Å². The molecule has 0 aliphatic rings. The average Bonchev–Trinajstić information content (AvgIpc) is 2.20. The molecular weight excluding hydrogens is 208 g/mol. The number of carbonyl (C=O) groups is 1. The molecule has 0 saturated heterocycles. The van der Waals surface area contributed by atoms with Crippen LogP contribution < -0.4 is 0 Å². The van der Waals surface area contributed by atoms with Crippen LogP contribution in [-0.2, 0) is 11.2 Å². The maximum absolute atomic E-state index is 10.9. The van der Waals surface area contributed by atoms with Gasteiger partial charge in [-0.05, 0) is 24.6 Å². The molecule has 1 aromatic rings. The number of Topliss-reactive ketones (excluding diaryl/α,β-unsaturated/α-hetero) is 1. The molecule has 78 valence electrons. The van der Waals surface area contributed by atoms with Gasteiger partial charge in [0.1, 0.15) is 5.78 Å². The number of alkyl halides is 1. The van der Waals surface area contributed by atoms with E-state index in [-0.39, 0.29) is 5.78 Å². The molecule has 0 heterocycles. The molecule has 0 unspecified atom stereocenters. The van der Waals surface area contributed by atoms with E-state index in [1.165, 1.54) is 0 Å². The monoisotopic (exact) mass is 220 g/mol. The van der Waals surface area contributed by atoms with E-state index in [1.807, 2.05) is 24.3 Å². The summed E-state index contributed by atoms with van der Waals surface area (Å²) in [5.41, 5.74) is 2.00. The van der Waals surface area contributed by atoms with Crippen LogP contribution in [0.2, 0.25) is 0 Å². The predicted molar refractivity (Wildman–Crippen MR) is 63.0 cm³/mol. The fourth-order valence-electron chi connectivity index (χ4n) is 1.21. The normalized spacial score (nSPS) is 9.20. The van der Waals surface area contributed by atoms with Crippen LogP contribution in [0, 0.1) is 11.8 Å². The summed E-state index contributed by atoms with van der Waals surface area (Å²) in [6, 6.07) is 7.73. The van der Waals surface area contributed by atoms with E-state index < -0.39 is 0 Å². The van der Waals surface area contributed by atoms with Gasteiger partial charge >= 0.3 is 0 Å². The molecular formula is C13H13ClO. The summed E-state index contributed by atoms with van der Waals surface area (Å²) in [5.74, 6) is 6.71. The first kappa shape index (κ1) is 11.8. The second kappa shape index (κ2) is 6.27. The molecule has 1 nitrogen and oxygen atoms in total. The summed E-state index contributed by atoms with van der Waals surface area (Å²) in [6.45, 7) is 1.59. The molecule has 15 heavy (non-hydrogen) atoms. The molecule has 0 aliphatic carbocycles. The van der Waals surface area contributed by atoms with Crippen molar-refractivity contribution >= 4 is 17.4 Å². The quantitative estimate of drug-likeness (QED) is 0.566. The number of hydrogen-bond donors (Lipinski definition) is 0. The molecule has 0 radical (unpaired) electrons. The minimum Gasteiger partial charge on any atom is -0.300 e. The van der Waals surface area contributed by atoms with E-state index in [9.17, 15) is 4.79 Å². The van der Waals surface area contributed by atoms with Crippen molar-refractivity contribution in [3.05, 3.63) is 35.4 Å². The Bertz CT molecular complexity index is 381. The number of benzene rings is 1. The molecule has 0 saturated carbocycles. The second-order valence-corrected chi connectivity index (χ2v) is 3.69. The summed E-state index contributed by atoms with van der Waals surface area (Å²) in [6.07, 6.45) is 1.20. The smallest absolute Gasteiger partial charge is 0.134 e. The highest BCUT2D eigenvalue weighted by Crippen LogP contribution is 2.04. The van der Waals surface area contributed by atoms with Crippen molar-refractivity contribution in [3.63, 3.8) is 0 Å². The first-order chi connectivity index (χ1) is 7.22. The molecule has 0 spiro atoms. The zero-order valence-corrected chi connectivity index (χ0v) is 9.47. The number of halogens is 1. The third-order valence-electron chi connectivity index (χ3n) is 1.86. The van der Waals surface area contributed by atoms with Crippen LogP contribution in [0.25, 0.3) is 0 Å². The van der Waals surface area contributed by atoms with Gasteiger partial charge in [-0.3, -0.25) is 4.79 Å². The van der Waals surface area contributed by atoms with Gasteiger partial charge in [0.15, 0.2) is 0 Å². The van der Waals surface area contributed by atoms with Crippen LogP contribution in [0.5, 0.6) is 0 Å². The van der Waals surface area contributed by atoms with Gasteiger partial charge in [-0.15, -0.1) is 11.6 Å². The Balaban J connectivity index is 2.65. The van der Waals surface area contributed by atoms with Crippen LogP contribution in [0.3, 0.4) is 0 Å². The molecule has 0 amide bonds. The topological polar surface area (TPSA) is 17.1 Å². The highest BCUT2D eigenvalue weighted by Gasteiger charge is 1.96. The Morgan fingerprint density at radius 3 is 2.53 bits per heavy atom. The maximum Gasteiger partial charge on any atom is 0.134 e. The van der Waals surface area contributed by atoms with Crippen molar-refractivity contribution in [2.75, 3.05) is 5.88 Å². The molecule has 0 atom stereocenters. The maximum atomic E-state index is 10.9. The summed E-state index contributed by atoms with van der Waals surface area (Å²) in [7, 11) is 0. The van der Waals surface area contributed by atoms with Gasteiger partial charge in [-0.25, -0.2) is 0 Å². The zero-order valence-electron chi connectivity index (χ0n) is 8.72. The van der Waals surface area contributed by atoms with Crippen molar-refractivity contribution in [1.82, 2.24) is 0 Å². The van der Waals surface area contributed by atoms with Crippen LogP contribution in [0.1, 0.15) is 24.5 Å².